The number of nitrogens with one attached hydrogen (secondary N) is 1. The van der Waals surface area contributed by atoms with Crippen LogP contribution in [0.2, 0.25) is 0 Å². The van der Waals surface area contributed by atoms with Crippen LogP contribution in [0.5, 0.6) is 0 Å². The van der Waals surface area contributed by atoms with E-state index >= 15 is 0 Å². The van der Waals surface area contributed by atoms with Gasteiger partial charge in [-0.15, -0.1) is 0 Å². The lowest BCUT2D eigenvalue weighted by Crippen LogP contribution is -2.24. The van der Waals surface area contributed by atoms with Crippen LogP contribution in [0.4, 0.5) is 10.1 Å². The number of hydrogen-bond acceptors (Lipinski definition) is 3. The maximum Gasteiger partial charge on any atom is 0.161 e. The summed E-state index contributed by atoms with van der Waals surface area (Å²) in [6, 6.07) is 4.99. The van der Waals surface area contributed by atoms with Crippen molar-refractivity contribution >= 4 is 38.5 Å². The number of benzene rings is 1. The molecular weight excluding hydrogens is 315 g/mol. The van der Waals surface area contributed by atoms with Crippen molar-refractivity contribution in [3.05, 3.63) is 28.5 Å². The van der Waals surface area contributed by atoms with E-state index in [9.17, 15) is 4.39 Å². The van der Waals surface area contributed by atoms with Crippen LogP contribution in [-0.2, 0) is 0 Å². The number of nitrogens with zero attached hydrogens (tertiary/aromatic N) is 1. The maximum absolute atomic E-state index is 13.7. The number of aliphatic imine (C=N–C) groups is 1. The molecule has 0 radical (unpaired) electrons. The van der Waals surface area contributed by atoms with E-state index in [-0.39, 0.29) is 11.4 Å². The Hall–Kier alpha value is -0.550. The van der Waals surface area contributed by atoms with Gasteiger partial charge in [0.25, 0.3) is 0 Å². The second kappa shape index (κ2) is 5.61. The summed E-state index contributed by atoms with van der Waals surface area (Å²) in [4.78, 5) is 4.71. The van der Waals surface area contributed by atoms with Crippen LogP contribution in [-0.4, -0.2) is 16.5 Å². The van der Waals surface area contributed by atoms with Gasteiger partial charge in [0.1, 0.15) is 5.82 Å². The number of rotatable bonds is 3. The highest BCUT2D eigenvalue weighted by Crippen LogP contribution is 2.34. The van der Waals surface area contributed by atoms with Crippen molar-refractivity contribution in [2.24, 2.45) is 4.99 Å². The van der Waals surface area contributed by atoms with Gasteiger partial charge in [-0.2, -0.15) is 0 Å². The van der Waals surface area contributed by atoms with Crippen molar-refractivity contribution in [1.29, 1.82) is 0 Å². The third-order valence-electron chi connectivity index (χ3n) is 3.31. The maximum atomic E-state index is 13.7. The van der Waals surface area contributed by atoms with Crippen LogP contribution >= 0.6 is 27.7 Å². The van der Waals surface area contributed by atoms with Gasteiger partial charge in [-0.3, -0.25) is 4.99 Å². The van der Waals surface area contributed by atoms with Crippen molar-refractivity contribution in [2.75, 3.05) is 11.1 Å². The number of anilines is 1. The molecule has 5 heteroatoms. The minimum atomic E-state index is -0.266. The topological polar surface area (TPSA) is 24.4 Å². The number of thioether (sulfide) groups is 1. The first-order valence-corrected chi connectivity index (χ1v) is 7.81. The predicted molar refractivity (Wildman–Crippen MR) is 80.9 cm³/mol. The van der Waals surface area contributed by atoms with Gasteiger partial charge in [0.05, 0.1) is 11.2 Å². The van der Waals surface area contributed by atoms with E-state index in [1.165, 1.54) is 6.07 Å². The van der Waals surface area contributed by atoms with Crippen LogP contribution in [0.1, 0.15) is 26.7 Å². The average molecular weight is 331 g/mol. The lowest BCUT2D eigenvalue weighted by molar-refractivity contribution is 0.456. The second-order valence-corrected chi connectivity index (χ2v) is 6.27. The zero-order valence-corrected chi connectivity index (χ0v) is 12.9. The van der Waals surface area contributed by atoms with Crippen molar-refractivity contribution in [3.63, 3.8) is 0 Å². The van der Waals surface area contributed by atoms with Crippen LogP contribution in [0, 0.1) is 5.82 Å². The molecule has 1 aromatic carbocycles. The van der Waals surface area contributed by atoms with Gasteiger partial charge in [0.15, 0.2) is 5.17 Å². The molecule has 2 rings (SSSR count). The number of halogens is 2. The van der Waals surface area contributed by atoms with E-state index in [0.29, 0.717) is 5.69 Å². The highest BCUT2D eigenvalue weighted by Gasteiger charge is 2.32. The Labute approximate surface area is 120 Å². The Balaban J connectivity index is 2.15. The summed E-state index contributed by atoms with van der Waals surface area (Å²) in [5.74, 6) is 0.707. The minimum absolute atomic E-state index is 0.0266. The molecule has 1 N–H and O–H groups in total. The van der Waals surface area contributed by atoms with E-state index in [2.05, 4.69) is 35.1 Å². The summed E-state index contributed by atoms with van der Waals surface area (Å²) in [5, 5.41) is 3.90. The van der Waals surface area contributed by atoms with Gasteiger partial charge < -0.3 is 5.32 Å². The summed E-state index contributed by atoms with van der Waals surface area (Å²) in [6.07, 6.45) is 2.04. The molecule has 1 heterocycles. The van der Waals surface area contributed by atoms with Gasteiger partial charge >= 0.3 is 0 Å². The molecule has 0 unspecified atom stereocenters. The van der Waals surface area contributed by atoms with E-state index in [0.717, 1.165) is 28.2 Å². The molecule has 1 aliphatic heterocycles. The smallest absolute Gasteiger partial charge is 0.161 e. The SMILES string of the molecule is CCC1(CC)CSC(Nc2ccc(Br)cc2F)=N1. The Bertz CT molecular complexity index is 472. The van der Waals surface area contributed by atoms with Gasteiger partial charge in [0, 0.05) is 10.2 Å². The molecule has 18 heavy (non-hydrogen) atoms. The Morgan fingerprint density at radius 1 is 1.44 bits per heavy atom. The summed E-state index contributed by atoms with van der Waals surface area (Å²) in [7, 11) is 0. The molecule has 0 amide bonds. The first kappa shape index (κ1) is 13.9. The summed E-state index contributed by atoms with van der Waals surface area (Å²) in [6.45, 7) is 4.30. The van der Waals surface area contributed by atoms with Crippen molar-refractivity contribution in [2.45, 2.75) is 32.2 Å². The molecule has 0 fully saturated rings. The van der Waals surface area contributed by atoms with Crippen molar-refractivity contribution in [3.8, 4) is 0 Å². The Morgan fingerprint density at radius 2 is 2.17 bits per heavy atom. The largest absolute Gasteiger partial charge is 0.333 e. The van der Waals surface area contributed by atoms with Crippen LogP contribution < -0.4 is 5.32 Å². The fourth-order valence-electron chi connectivity index (χ4n) is 1.86. The molecular formula is C13H16BrFN2S. The molecule has 0 aromatic heterocycles. The van der Waals surface area contributed by atoms with E-state index in [4.69, 9.17) is 4.99 Å². The molecule has 0 spiro atoms. The summed E-state index contributed by atoms with van der Waals surface area (Å²) in [5.41, 5.74) is 0.506. The van der Waals surface area contributed by atoms with Crippen LogP contribution in [0.15, 0.2) is 27.7 Å². The first-order chi connectivity index (χ1) is 8.58. The van der Waals surface area contributed by atoms with Gasteiger partial charge in [0.2, 0.25) is 0 Å². The van der Waals surface area contributed by atoms with Crippen LogP contribution in [0.3, 0.4) is 0 Å². The lowest BCUT2D eigenvalue weighted by atomic mass is 9.97. The predicted octanol–water partition coefficient (Wildman–Crippen LogP) is 4.66. The average Bonchev–Trinajstić information content (AvgIpc) is 2.77. The summed E-state index contributed by atoms with van der Waals surface area (Å²) >= 11 is 4.91. The lowest BCUT2D eigenvalue weighted by Gasteiger charge is -2.20. The molecule has 0 saturated heterocycles. The molecule has 1 aliphatic rings. The fourth-order valence-corrected chi connectivity index (χ4v) is 3.52. The van der Waals surface area contributed by atoms with Gasteiger partial charge in [-0.25, -0.2) is 4.39 Å². The third-order valence-corrected chi connectivity index (χ3v) is 4.95. The van der Waals surface area contributed by atoms with Crippen LogP contribution in [0.25, 0.3) is 0 Å². The molecule has 1 aromatic rings. The quantitative estimate of drug-likeness (QED) is 0.871. The highest BCUT2D eigenvalue weighted by atomic mass is 79.9. The number of amidine groups is 1. The van der Waals surface area contributed by atoms with E-state index < -0.39 is 0 Å². The fraction of sp³-hybridized carbons (Fsp3) is 0.462. The van der Waals surface area contributed by atoms with E-state index in [1.807, 2.05) is 6.07 Å². The molecule has 0 aliphatic carbocycles. The third kappa shape index (κ3) is 2.88. The zero-order chi connectivity index (χ0) is 13.2. The van der Waals surface area contributed by atoms with Gasteiger partial charge in [-0.05, 0) is 31.0 Å². The van der Waals surface area contributed by atoms with Gasteiger partial charge in [-0.1, -0.05) is 41.5 Å². The molecule has 0 saturated carbocycles. The first-order valence-electron chi connectivity index (χ1n) is 6.03. The standard InChI is InChI=1S/C13H16BrFN2S/c1-3-13(4-2)8-18-12(17-13)16-11-6-5-9(14)7-10(11)15/h5-7H,3-4,8H2,1-2H3,(H,16,17). The zero-order valence-electron chi connectivity index (χ0n) is 10.5. The molecule has 98 valence electrons. The Morgan fingerprint density at radius 3 is 2.72 bits per heavy atom. The second-order valence-electron chi connectivity index (χ2n) is 4.39. The minimum Gasteiger partial charge on any atom is -0.333 e. The molecule has 0 atom stereocenters. The monoisotopic (exact) mass is 330 g/mol. The number of hydrogen-bond donors (Lipinski definition) is 1. The normalized spacial score (nSPS) is 17.7. The van der Waals surface area contributed by atoms with Crippen molar-refractivity contribution in [1.82, 2.24) is 0 Å². The van der Waals surface area contributed by atoms with Crippen molar-refractivity contribution < 1.29 is 4.39 Å². The molecule has 0 bridgehead atoms. The Kier molecular flexibility index (Phi) is 4.33. The highest BCUT2D eigenvalue weighted by molar-refractivity contribution is 9.10. The molecule has 2 nitrogen and oxygen atoms in total. The summed E-state index contributed by atoms with van der Waals surface area (Å²) < 4.78 is 14.4. The van der Waals surface area contributed by atoms with E-state index in [1.54, 1.807) is 17.8 Å².